The number of hydrogen-bond donors (Lipinski definition) is 1. The number of ether oxygens (including phenoxy) is 1. The van der Waals surface area contributed by atoms with Gasteiger partial charge in [-0.05, 0) is 53.8 Å². The van der Waals surface area contributed by atoms with Crippen molar-refractivity contribution in [3.05, 3.63) is 53.8 Å². The van der Waals surface area contributed by atoms with Gasteiger partial charge in [-0.2, -0.15) is 0 Å². The van der Waals surface area contributed by atoms with Crippen molar-refractivity contribution in [3.8, 4) is 5.75 Å². The first-order valence-corrected chi connectivity index (χ1v) is 9.67. The molecule has 0 radical (unpaired) electrons. The molecule has 0 spiro atoms. The van der Waals surface area contributed by atoms with Gasteiger partial charge >= 0.3 is 0 Å². The maximum atomic E-state index is 13.4. The summed E-state index contributed by atoms with van der Waals surface area (Å²) in [5, 5.41) is 3.64. The van der Waals surface area contributed by atoms with Crippen molar-refractivity contribution in [2.24, 2.45) is 11.3 Å². The van der Waals surface area contributed by atoms with Gasteiger partial charge in [-0.25, -0.2) is 4.39 Å². The lowest BCUT2D eigenvalue weighted by Crippen LogP contribution is -2.37. The van der Waals surface area contributed by atoms with Gasteiger partial charge in [-0.3, -0.25) is 0 Å². The van der Waals surface area contributed by atoms with E-state index in [0.717, 1.165) is 28.7 Å². The molecule has 4 heteroatoms. The normalized spacial score (nSPS) is 25.2. The minimum absolute atomic E-state index is 0.202. The number of fused-ring (bicyclic) bond motifs is 3. The van der Waals surface area contributed by atoms with Crippen LogP contribution in [-0.2, 0) is 0 Å². The number of halogens is 1. The molecule has 0 amide bonds. The zero-order valence-electron chi connectivity index (χ0n) is 14.9. The van der Waals surface area contributed by atoms with Crippen LogP contribution in [0.1, 0.15) is 32.3 Å². The maximum absolute atomic E-state index is 13.4. The number of benzene rings is 2. The molecule has 1 fully saturated rings. The van der Waals surface area contributed by atoms with Crippen molar-refractivity contribution >= 4 is 11.8 Å². The van der Waals surface area contributed by atoms with E-state index in [-0.39, 0.29) is 11.2 Å². The molecule has 3 unspecified atom stereocenters. The van der Waals surface area contributed by atoms with E-state index in [0.29, 0.717) is 17.9 Å². The fourth-order valence-corrected chi connectivity index (χ4v) is 4.97. The highest BCUT2D eigenvalue weighted by atomic mass is 32.2. The minimum Gasteiger partial charge on any atom is -0.492 e. The van der Waals surface area contributed by atoms with Crippen molar-refractivity contribution < 1.29 is 9.13 Å². The molecule has 0 bridgehead atoms. The zero-order valence-corrected chi connectivity index (χ0v) is 15.7. The van der Waals surface area contributed by atoms with Gasteiger partial charge in [0.25, 0.3) is 0 Å². The lowest BCUT2D eigenvalue weighted by atomic mass is 9.70. The van der Waals surface area contributed by atoms with Crippen molar-refractivity contribution in [2.45, 2.75) is 42.5 Å². The predicted molar refractivity (Wildman–Crippen MR) is 99.9 cm³/mol. The van der Waals surface area contributed by atoms with Crippen LogP contribution in [-0.4, -0.2) is 19.2 Å². The molecule has 2 aromatic rings. The van der Waals surface area contributed by atoms with Gasteiger partial charge in [0.15, 0.2) is 0 Å². The second-order valence-electron chi connectivity index (χ2n) is 8.08. The number of rotatable bonds is 2. The Bertz CT molecular complexity index is 786. The topological polar surface area (TPSA) is 21.3 Å². The SMILES string of the molecule is CC(C)(C)C1CNC2COc3cc(Sc4cccc(F)c4)ccc3C21. The molecule has 1 saturated heterocycles. The third kappa shape index (κ3) is 3.30. The number of nitrogens with one attached hydrogen (secondary N) is 1. The van der Waals surface area contributed by atoms with Gasteiger partial charge in [0.1, 0.15) is 18.2 Å². The van der Waals surface area contributed by atoms with Crippen LogP contribution in [0, 0.1) is 17.2 Å². The molecular formula is C21H24FNOS. The summed E-state index contributed by atoms with van der Waals surface area (Å²) in [4.78, 5) is 1.99. The Balaban J connectivity index is 1.63. The van der Waals surface area contributed by atoms with Crippen molar-refractivity contribution in [1.82, 2.24) is 5.32 Å². The highest BCUT2D eigenvalue weighted by Crippen LogP contribution is 2.48. The highest BCUT2D eigenvalue weighted by Gasteiger charge is 2.45. The Morgan fingerprint density at radius 1 is 1.12 bits per heavy atom. The summed E-state index contributed by atoms with van der Waals surface area (Å²) >= 11 is 1.57. The van der Waals surface area contributed by atoms with E-state index < -0.39 is 0 Å². The first kappa shape index (κ1) is 16.9. The average Bonchev–Trinajstić information content (AvgIpc) is 2.99. The molecule has 2 heterocycles. The first-order chi connectivity index (χ1) is 11.9. The summed E-state index contributed by atoms with van der Waals surface area (Å²) in [6.07, 6.45) is 0. The number of hydrogen-bond acceptors (Lipinski definition) is 3. The van der Waals surface area contributed by atoms with Gasteiger partial charge in [0.05, 0.1) is 0 Å². The van der Waals surface area contributed by atoms with Crippen LogP contribution in [0.25, 0.3) is 0 Å². The van der Waals surface area contributed by atoms with Crippen LogP contribution >= 0.6 is 11.8 Å². The van der Waals surface area contributed by atoms with E-state index in [1.54, 1.807) is 23.9 Å². The molecule has 2 aliphatic heterocycles. The van der Waals surface area contributed by atoms with E-state index >= 15 is 0 Å². The summed E-state index contributed by atoms with van der Waals surface area (Å²) in [6, 6.07) is 13.6. The molecule has 2 aromatic carbocycles. The molecular weight excluding hydrogens is 333 g/mol. The lowest BCUT2D eigenvalue weighted by Gasteiger charge is -2.37. The maximum Gasteiger partial charge on any atom is 0.124 e. The molecule has 1 N–H and O–H groups in total. The largest absolute Gasteiger partial charge is 0.492 e. The molecule has 2 aliphatic rings. The lowest BCUT2D eigenvalue weighted by molar-refractivity contribution is 0.186. The summed E-state index contributed by atoms with van der Waals surface area (Å²) < 4.78 is 19.5. The molecule has 3 atom stereocenters. The van der Waals surface area contributed by atoms with Crippen LogP contribution in [0.4, 0.5) is 4.39 Å². The first-order valence-electron chi connectivity index (χ1n) is 8.85. The quantitative estimate of drug-likeness (QED) is 0.809. The smallest absolute Gasteiger partial charge is 0.124 e. The summed E-state index contributed by atoms with van der Waals surface area (Å²) in [7, 11) is 0. The molecule has 4 rings (SSSR count). The minimum atomic E-state index is -0.202. The van der Waals surface area contributed by atoms with E-state index in [4.69, 9.17) is 4.74 Å². The highest BCUT2D eigenvalue weighted by molar-refractivity contribution is 7.99. The van der Waals surface area contributed by atoms with Crippen LogP contribution in [0.2, 0.25) is 0 Å². The Morgan fingerprint density at radius 2 is 1.92 bits per heavy atom. The molecule has 0 aromatic heterocycles. The molecule has 0 saturated carbocycles. The molecule has 25 heavy (non-hydrogen) atoms. The fraction of sp³-hybridized carbons (Fsp3) is 0.429. The summed E-state index contributed by atoms with van der Waals surface area (Å²) in [6.45, 7) is 8.74. The second-order valence-corrected chi connectivity index (χ2v) is 9.23. The van der Waals surface area contributed by atoms with Gasteiger partial charge in [0.2, 0.25) is 0 Å². The van der Waals surface area contributed by atoms with Crippen molar-refractivity contribution in [2.75, 3.05) is 13.2 Å². The third-order valence-corrected chi connectivity index (χ3v) is 6.35. The average molecular weight is 357 g/mol. The van der Waals surface area contributed by atoms with Crippen LogP contribution in [0.5, 0.6) is 5.75 Å². The second kappa shape index (κ2) is 6.33. The van der Waals surface area contributed by atoms with Crippen LogP contribution in [0.15, 0.2) is 52.3 Å². The molecule has 0 aliphatic carbocycles. The Hall–Kier alpha value is -1.52. The summed E-state index contributed by atoms with van der Waals surface area (Å²) in [5.74, 6) is 1.88. The van der Waals surface area contributed by atoms with Crippen molar-refractivity contribution in [3.63, 3.8) is 0 Å². The standard InChI is InChI=1S/C21H24FNOS/c1-21(2,3)17-11-23-18-12-24-19-10-15(7-8-16(19)20(17)18)25-14-6-4-5-13(22)9-14/h4-10,17-18,20,23H,11-12H2,1-3H3. The van der Waals surface area contributed by atoms with Crippen LogP contribution < -0.4 is 10.1 Å². The monoisotopic (exact) mass is 357 g/mol. The third-order valence-electron chi connectivity index (χ3n) is 5.37. The Kier molecular flexibility index (Phi) is 4.28. The van der Waals surface area contributed by atoms with Gasteiger partial charge < -0.3 is 10.1 Å². The van der Waals surface area contributed by atoms with E-state index in [1.165, 1.54) is 11.6 Å². The van der Waals surface area contributed by atoms with E-state index in [9.17, 15) is 4.39 Å². The van der Waals surface area contributed by atoms with Gasteiger partial charge in [-0.1, -0.05) is 44.7 Å². The van der Waals surface area contributed by atoms with E-state index in [1.807, 2.05) is 6.07 Å². The summed E-state index contributed by atoms with van der Waals surface area (Å²) in [5.41, 5.74) is 1.57. The Morgan fingerprint density at radius 3 is 2.68 bits per heavy atom. The fourth-order valence-electron chi connectivity index (χ4n) is 4.08. The van der Waals surface area contributed by atoms with Gasteiger partial charge in [0, 0.05) is 21.8 Å². The van der Waals surface area contributed by atoms with E-state index in [2.05, 4.69) is 44.3 Å². The Labute approximate surface area is 153 Å². The van der Waals surface area contributed by atoms with Crippen LogP contribution in [0.3, 0.4) is 0 Å². The molecule has 132 valence electrons. The zero-order chi connectivity index (χ0) is 17.6. The van der Waals surface area contributed by atoms with Gasteiger partial charge in [-0.15, -0.1) is 0 Å². The van der Waals surface area contributed by atoms with Crippen molar-refractivity contribution in [1.29, 1.82) is 0 Å². The molecule has 2 nitrogen and oxygen atoms in total. The predicted octanol–water partition coefficient (Wildman–Crippen LogP) is 5.09.